The van der Waals surface area contributed by atoms with Crippen LogP contribution in [0.1, 0.15) is 15.9 Å². The summed E-state index contributed by atoms with van der Waals surface area (Å²) in [6.07, 6.45) is 1.79. The lowest BCUT2D eigenvalue weighted by molar-refractivity contribution is -0.0498. The molecule has 0 atom stereocenters. The van der Waals surface area contributed by atoms with Crippen LogP contribution in [0.15, 0.2) is 54.7 Å². The second kappa shape index (κ2) is 6.70. The van der Waals surface area contributed by atoms with E-state index >= 15 is 0 Å². The number of nitrogens with zero attached hydrogens (tertiary/aromatic N) is 1. The van der Waals surface area contributed by atoms with Gasteiger partial charge < -0.3 is 14.6 Å². The minimum atomic E-state index is -2.85. The molecule has 1 N–H and O–H groups in total. The number of nitrogens with one attached hydrogen (secondary N) is 1. The van der Waals surface area contributed by atoms with Crippen LogP contribution in [0.5, 0.6) is 5.75 Å². The third kappa shape index (κ3) is 3.37. The second-order valence-corrected chi connectivity index (χ2v) is 5.38. The number of halogens is 2. The predicted octanol–water partition coefficient (Wildman–Crippen LogP) is 3.71. The number of rotatable bonds is 5. The first-order valence-corrected chi connectivity index (χ1v) is 7.40. The summed E-state index contributed by atoms with van der Waals surface area (Å²) in [5, 5.41) is 3.73. The molecule has 124 valence electrons. The normalized spacial score (nSPS) is 11.0. The van der Waals surface area contributed by atoms with Gasteiger partial charge in [-0.1, -0.05) is 30.3 Å². The zero-order valence-electron chi connectivity index (χ0n) is 13.0. The summed E-state index contributed by atoms with van der Waals surface area (Å²) in [6.45, 7) is -2.54. The number of aromatic nitrogens is 1. The van der Waals surface area contributed by atoms with Gasteiger partial charge in [-0.3, -0.25) is 4.79 Å². The summed E-state index contributed by atoms with van der Waals surface area (Å²) in [5.41, 5.74) is 2.38. The molecule has 2 aromatic carbocycles. The molecule has 0 saturated heterocycles. The van der Waals surface area contributed by atoms with Crippen LogP contribution in [-0.4, -0.2) is 17.1 Å². The summed E-state index contributed by atoms with van der Waals surface area (Å²) < 4.78 is 30.4. The Balaban J connectivity index is 1.69. The molecule has 0 fully saturated rings. The number of hydrogen-bond acceptors (Lipinski definition) is 2. The lowest BCUT2D eigenvalue weighted by atomic mass is 10.1. The molecule has 3 aromatic rings. The van der Waals surface area contributed by atoms with Gasteiger partial charge in [0.2, 0.25) is 0 Å². The van der Waals surface area contributed by atoms with Gasteiger partial charge in [0.25, 0.3) is 5.91 Å². The van der Waals surface area contributed by atoms with Crippen molar-refractivity contribution in [2.45, 2.75) is 13.2 Å². The van der Waals surface area contributed by atoms with Gasteiger partial charge in [0.15, 0.2) is 0 Å². The highest BCUT2D eigenvalue weighted by Gasteiger charge is 2.13. The Labute approximate surface area is 137 Å². The van der Waals surface area contributed by atoms with Crippen molar-refractivity contribution in [1.29, 1.82) is 0 Å². The van der Waals surface area contributed by atoms with Crippen molar-refractivity contribution in [2.75, 3.05) is 0 Å². The number of alkyl halides is 2. The van der Waals surface area contributed by atoms with E-state index in [4.69, 9.17) is 0 Å². The van der Waals surface area contributed by atoms with E-state index in [2.05, 4.69) is 10.1 Å². The maximum atomic E-state index is 12.4. The van der Waals surface area contributed by atoms with Gasteiger partial charge in [-0.2, -0.15) is 8.78 Å². The number of benzene rings is 2. The van der Waals surface area contributed by atoms with Crippen molar-refractivity contribution < 1.29 is 18.3 Å². The van der Waals surface area contributed by atoms with Crippen LogP contribution < -0.4 is 10.1 Å². The first-order chi connectivity index (χ1) is 11.5. The van der Waals surface area contributed by atoms with Crippen molar-refractivity contribution >= 4 is 16.8 Å². The highest BCUT2D eigenvalue weighted by atomic mass is 19.3. The third-order valence-electron chi connectivity index (χ3n) is 3.74. The molecule has 24 heavy (non-hydrogen) atoms. The molecule has 3 rings (SSSR count). The van der Waals surface area contributed by atoms with Gasteiger partial charge in [0.05, 0.1) is 5.56 Å². The lowest BCUT2D eigenvalue weighted by Crippen LogP contribution is -2.22. The molecular weight excluding hydrogens is 314 g/mol. The van der Waals surface area contributed by atoms with E-state index in [1.165, 1.54) is 12.1 Å². The predicted molar refractivity (Wildman–Crippen MR) is 87.2 cm³/mol. The van der Waals surface area contributed by atoms with E-state index in [9.17, 15) is 13.6 Å². The summed E-state index contributed by atoms with van der Waals surface area (Å²) in [6, 6.07) is 13.8. The Bertz CT molecular complexity index is 857. The molecule has 0 saturated carbocycles. The first kappa shape index (κ1) is 16.0. The minimum absolute atomic E-state index is 0.0918. The van der Waals surface area contributed by atoms with Gasteiger partial charge in [-0.05, 0) is 23.8 Å². The maximum Gasteiger partial charge on any atom is 0.387 e. The molecule has 4 nitrogen and oxygen atoms in total. The fraction of sp³-hybridized carbons (Fsp3) is 0.167. The molecule has 1 amide bonds. The van der Waals surface area contributed by atoms with Gasteiger partial charge in [-0.25, -0.2) is 0 Å². The first-order valence-electron chi connectivity index (χ1n) is 7.40. The van der Waals surface area contributed by atoms with E-state index in [0.717, 1.165) is 16.5 Å². The lowest BCUT2D eigenvalue weighted by Gasteiger charge is -2.07. The SMILES string of the molecule is Cn1cc(C(=O)NCc2ccc(OC(F)F)cc2)c2ccccc21. The van der Waals surface area contributed by atoms with E-state index < -0.39 is 6.61 Å². The van der Waals surface area contributed by atoms with Gasteiger partial charge in [0.1, 0.15) is 5.75 Å². The minimum Gasteiger partial charge on any atom is -0.435 e. The maximum absolute atomic E-state index is 12.4. The van der Waals surface area contributed by atoms with Crippen LogP contribution in [0, 0.1) is 0 Å². The van der Waals surface area contributed by atoms with Crippen molar-refractivity contribution in [3.63, 3.8) is 0 Å². The Morgan fingerprint density at radius 2 is 1.88 bits per heavy atom. The zero-order valence-corrected chi connectivity index (χ0v) is 13.0. The molecule has 0 spiro atoms. The number of fused-ring (bicyclic) bond motifs is 1. The molecule has 0 aliphatic rings. The highest BCUT2D eigenvalue weighted by Crippen LogP contribution is 2.20. The average molecular weight is 330 g/mol. The average Bonchev–Trinajstić information content (AvgIpc) is 2.91. The molecule has 0 unspecified atom stereocenters. The number of ether oxygens (including phenoxy) is 1. The van der Waals surface area contributed by atoms with Crippen LogP contribution in [0.3, 0.4) is 0 Å². The van der Waals surface area contributed by atoms with E-state index in [1.807, 2.05) is 35.9 Å². The summed E-state index contributed by atoms with van der Waals surface area (Å²) in [7, 11) is 1.89. The molecular formula is C18H16F2N2O2. The van der Waals surface area contributed by atoms with E-state index in [1.54, 1.807) is 18.3 Å². The third-order valence-corrected chi connectivity index (χ3v) is 3.74. The fourth-order valence-electron chi connectivity index (χ4n) is 2.59. The number of carbonyl (C=O) groups excluding carboxylic acids is 1. The fourth-order valence-corrected chi connectivity index (χ4v) is 2.59. The van der Waals surface area contributed by atoms with Crippen LogP contribution in [0.4, 0.5) is 8.78 Å². The molecule has 0 aliphatic heterocycles. The second-order valence-electron chi connectivity index (χ2n) is 5.38. The Hall–Kier alpha value is -2.89. The molecule has 1 aromatic heterocycles. The standard InChI is InChI=1S/C18H16F2N2O2/c1-22-11-15(14-4-2-3-5-16(14)22)17(23)21-10-12-6-8-13(9-7-12)24-18(19)20/h2-9,11,18H,10H2,1H3,(H,21,23). The van der Waals surface area contributed by atoms with Gasteiger partial charge in [-0.15, -0.1) is 0 Å². The summed E-state index contributed by atoms with van der Waals surface area (Å²) in [4.78, 5) is 12.4. The van der Waals surface area contributed by atoms with Crippen LogP contribution >= 0.6 is 0 Å². The largest absolute Gasteiger partial charge is 0.435 e. The molecule has 0 radical (unpaired) electrons. The van der Waals surface area contributed by atoms with Crippen molar-refractivity contribution in [3.8, 4) is 5.75 Å². The Kier molecular flexibility index (Phi) is 4.46. The van der Waals surface area contributed by atoms with Crippen LogP contribution in [0.25, 0.3) is 10.9 Å². The monoisotopic (exact) mass is 330 g/mol. The van der Waals surface area contributed by atoms with Crippen molar-refractivity contribution in [3.05, 3.63) is 65.9 Å². The summed E-state index contributed by atoms with van der Waals surface area (Å²) >= 11 is 0. The van der Waals surface area contributed by atoms with Crippen LogP contribution in [-0.2, 0) is 13.6 Å². The quantitative estimate of drug-likeness (QED) is 0.775. The van der Waals surface area contributed by atoms with Gasteiger partial charge in [0, 0.05) is 30.7 Å². The van der Waals surface area contributed by atoms with E-state index in [-0.39, 0.29) is 11.7 Å². The molecule has 0 aliphatic carbocycles. The number of aryl methyl sites for hydroxylation is 1. The topological polar surface area (TPSA) is 43.3 Å². The number of para-hydroxylation sites is 1. The molecule has 1 heterocycles. The Morgan fingerprint density at radius 1 is 1.17 bits per heavy atom. The van der Waals surface area contributed by atoms with Gasteiger partial charge >= 0.3 is 6.61 Å². The Morgan fingerprint density at radius 3 is 2.58 bits per heavy atom. The zero-order chi connectivity index (χ0) is 17.1. The number of carbonyl (C=O) groups is 1. The van der Waals surface area contributed by atoms with Crippen molar-refractivity contribution in [2.24, 2.45) is 7.05 Å². The van der Waals surface area contributed by atoms with Crippen molar-refractivity contribution in [1.82, 2.24) is 9.88 Å². The number of hydrogen-bond donors (Lipinski definition) is 1. The van der Waals surface area contributed by atoms with E-state index in [0.29, 0.717) is 12.1 Å². The van der Waals surface area contributed by atoms with Crippen LogP contribution in [0.2, 0.25) is 0 Å². The highest BCUT2D eigenvalue weighted by molar-refractivity contribution is 6.06. The number of amides is 1. The molecule has 6 heteroatoms. The summed E-state index contributed by atoms with van der Waals surface area (Å²) in [5.74, 6) is -0.0890. The smallest absolute Gasteiger partial charge is 0.387 e. The molecule has 0 bridgehead atoms.